The molecule has 0 aliphatic heterocycles. The number of fused-ring (bicyclic) bond motifs is 1. The van der Waals surface area contributed by atoms with Gasteiger partial charge in [-0.3, -0.25) is 4.98 Å². The summed E-state index contributed by atoms with van der Waals surface area (Å²) in [6.45, 7) is 3.81. The van der Waals surface area contributed by atoms with Crippen molar-refractivity contribution in [3.8, 4) is 0 Å². The van der Waals surface area contributed by atoms with Crippen LogP contribution in [0.5, 0.6) is 0 Å². The zero-order chi connectivity index (χ0) is 10.1. The Labute approximate surface area is 83.2 Å². The van der Waals surface area contributed by atoms with Gasteiger partial charge in [0.1, 0.15) is 0 Å². The molecule has 2 nitrogen and oxygen atoms in total. The third kappa shape index (κ3) is 1.49. The van der Waals surface area contributed by atoms with Crippen LogP contribution in [0.2, 0.25) is 0 Å². The topological polar surface area (TPSA) is 33.1 Å². The van der Waals surface area contributed by atoms with Gasteiger partial charge in [0.2, 0.25) is 0 Å². The Morgan fingerprint density at radius 2 is 2.07 bits per heavy atom. The zero-order valence-electron chi connectivity index (χ0n) is 8.36. The maximum atomic E-state index is 9.43. The van der Waals surface area contributed by atoms with Gasteiger partial charge in [-0.15, -0.1) is 0 Å². The summed E-state index contributed by atoms with van der Waals surface area (Å²) in [5, 5.41) is 11.7. The molecule has 1 atom stereocenters. The molecule has 14 heavy (non-hydrogen) atoms. The lowest BCUT2D eigenvalue weighted by Gasteiger charge is -2.07. The molecule has 2 heteroatoms. The minimum absolute atomic E-state index is 0.417. The van der Waals surface area contributed by atoms with Crippen LogP contribution in [0, 0.1) is 6.92 Å². The summed E-state index contributed by atoms with van der Waals surface area (Å²) in [4.78, 5) is 4.13. The number of rotatable bonds is 1. The van der Waals surface area contributed by atoms with Crippen molar-refractivity contribution in [1.29, 1.82) is 0 Å². The van der Waals surface area contributed by atoms with E-state index in [4.69, 9.17) is 0 Å². The third-order valence-corrected chi connectivity index (χ3v) is 2.46. The van der Waals surface area contributed by atoms with Crippen molar-refractivity contribution >= 4 is 10.8 Å². The highest BCUT2D eigenvalue weighted by Crippen LogP contribution is 2.21. The summed E-state index contributed by atoms with van der Waals surface area (Å²) in [7, 11) is 0. The Morgan fingerprint density at radius 3 is 2.79 bits per heavy atom. The van der Waals surface area contributed by atoms with E-state index in [-0.39, 0.29) is 0 Å². The maximum Gasteiger partial charge on any atom is 0.0762 e. The van der Waals surface area contributed by atoms with Gasteiger partial charge in [-0.2, -0.15) is 0 Å². The van der Waals surface area contributed by atoms with E-state index in [1.165, 1.54) is 10.9 Å². The number of hydrogen-bond acceptors (Lipinski definition) is 2. The second-order valence-corrected chi connectivity index (χ2v) is 3.61. The molecule has 0 radical (unpaired) electrons. The van der Waals surface area contributed by atoms with E-state index >= 15 is 0 Å². The number of pyridine rings is 1. The number of nitrogens with zero attached hydrogens (tertiary/aromatic N) is 1. The van der Waals surface area contributed by atoms with Crippen LogP contribution in [-0.2, 0) is 0 Å². The largest absolute Gasteiger partial charge is 0.389 e. The molecule has 1 aromatic carbocycles. The van der Waals surface area contributed by atoms with E-state index in [0.717, 1.165) is 10.9 Å². The van der Waals surface area contributed by atoms with Crippen molar-refractivity contribution in [2.75, 3.05) is 0 Å². The molecule has 0 aliphatic rings. The van der Waals surface area contributed by atoms with E-state index in [9.17, 15) is 5.11 Å². The van der Waals surface area contributed by atoms with Gasteiger partial charge in [-0.25, -0.2) is 0 Å². The second-order valence-electron chi connectivity index (χ2n) is 3.61. The standard InChI is InChI=1S/C12H13NO/c1-8-6-13-7-11-5-10(9(2)14)3-4-12(8)11/h3-7,9,14H,1-2H3. The van der Waals surface area contributed by atoms with Crippen LogP contribution in [0.1, 0.15) is 24.2 Å². The van der Waals surface area contributed by atoms with Gasteiger partial charge in [0, 0.05) is 17.8 Å². The smallest absolute Gasteiger partial charge is 0.0762 e. The lowest BCUT2D eigenvalue weighted by atomic mass is 10.0. The van der Waals surface area contributed by atoms with Crippen molar-refractivity contribution in [1.82, 2.24) is 4.98 Å². The van der Waals surface area contributed by atoms with Crippen LogP contribution in [-0.4, -0.2) is 10.1 Å². The third-order valence-electron chi connectivity index (χ3n) is 2.46. The van der Waals surface area contributed by atoms with Gasteiger partial charge in [0.25, 0.3) is 0 Å². The molecule has 2 rings (SSSR count). The number of benzene rings is 1. The molecule has 0 spiro atoms. The predicted octanol–water partition coefficient (Wildman–Crippen LogP) is 2.60. The number of hydrogen-bond donors (Lipinski definition) is 1. The molecule has 2 aromatic rings. The molecular formula is C12H13NO. The van der Waals surface area contributed by atoms with Crippen LogP contribution >= 0.6 is 0 Å². The summed E-state index contributed by atoms with van der Waals surface area (Å²) in [6, 6.07) is 5.98. The molecule has 0 aliphatic carbocycles. The highest BCUT2D eigenvalue weighted by atomic mass is 16.3. The average Bonchev–Trinajstić information content (AvgIpc) is 2.17. The van der Waals surface area contributed by atoms with Crippen LogP contribution in [0.4, 0.5) is 0 Å². The number of aliphatic hydroxyl groups excluding tert-OH is 1. The molecule has 72 valence electrons. The number of aromatic nitrogens is 1. The molecule has 0 saturated heterocycles. The first-order valence-corrected chi connectivity index (χ1v) is 4.71. The van der Waals surface area contributed by atoms with Gasteiger partial charge < -0.3 is 5.11 Å². The van der Waals surface area contributed by atoms with E-state index in [1.807, 2.05) is 37.5 Å². The van der Waals surface area contributed by atoms with Crippen LogP contribution in [0.25, 0.3) is 10.8 Å². The summed E-state index contributed by atoms with van der Waals surface area (Å²) >= 11 is 0. The van der Waals surface area contributed by atoms with E-state index in [0.29, 0.717) is 0 Å². The lowest BCUT2D eigenvalue weighted by molar-refractivity contribution is 0.199. The molecule has 0 saturated carbocycles. The maximum absolute atomic E-state index is 9.43. The summed E-state index contributed by atoms with van der Waals surface area (Å²) in [5.74, 6) is 0. The van der Waals surface area contributed by atoms with Crippen molar-refractivity contribution in [2.45, 2.75) is 20.0 Å². The van der Waals surface area contributed by atoms with E-state index in [1.54, 1.807) is 6.92 Å². The first-order chi connectivity index (χ1) is 6.68. The average molecular weight is 187 g/mol. The first-order valence-electron chi connectivity index (χ1n) is 4.71. The molecule has 0 bridgehead atoms. The summed E-state index contributed by atoms with van der Waals surface area (Å²) < 4.78 is 0. The Morgan fingerprint density at radius 1 is 1.29 bits per heavy atom. The number of aliphatic hydroxyl groups is 1. The minimum Gasteiger partial charge on any atom is -0.389 e. The van der Waals surface area contributed by atoms with Crippen molar-refractivity contribution < 1.29 is 5.11 Å². The second kappa shape index (κ2) is 3.39. The molecule has 1 N–H and O–H groups in total. The highest BCUT2D eigenvalue weighted by Gasteiger charge is 2.02. The quantitative estimate of drug-likeness (QED) is 0.744. The monoisotopic (exact) mass is 187 g/mol. The fourth-order valence-corrected chi connectivity index (χ4v) is 1.61. The molecule has 1 unspecified atom stereocenters. The van der Waals surface area contributed by atoms with Gasteiger partial charge in [-0.05, 0) is 36.4 Å². The van der Waals surface area contributed by atoms with Crippen molar-refractivity contribution in [3.05, 3.63) is 41.7 Å². The van der Waals surface area contributed by atoms with Gasteiger partial charge in [0.05, 0.1) is 6.10 Å². The van der Waals surface area contributed by atoms with Gasteiger partial charge in [0.15, 0.2) is 0 Å². The van der Waals surface area contributed by atoms with Gasteiger partial charge in [-0.1, -0.05) is 12.1 Å². The zero-order valence-corrected chi connectivity index (χ0v) is 8.36. The molecule has 0 amide bonds. The Bertz CT molecular complexity index is 463. The van der Waals surface area contributed by atoms with Crippen LogP contribution in [0.3, 0.4) is 0 Å². The fourth-order valence-electron chi connectivity index (χ4n) is 1.61. The van der Waals surface area contributed by atoms with E-state index < -0.39 is 6.10 Å². The van der Waals surface area contributed by atoms with Crippen LogP contribution in [0.15, 0.2) is 30.6 Å². The van der Waals surface area contributed by atoms with Crippen molar-refractivity contribution in [3.63, 3.8) is 0 Å². The Hall–Kier alpha value is -1.41. The molecular weight excluding hydrogens is 174 g/mol. The van der Waals surface area contributed by atoms with Crippen LogP contribution < -0.4 is 0 Å². The normalized spacial score (nSPS) is 13.1. The SMILES string of the molecule is Cc1cncc2cc(C(C)O)ccc12. The van der Waals surface area contributed by atoms with Gasteiger partial charge >= 0.3 is 0 Å². The Balaban J connectivity index is 2.67. The highest BCUT2D eigenvalue weighted by molar-refractivity contribution is 5.85. The van der Waals surface area contributed by atoms with Crippen molar-refractivity contribution in [2.24, 2.45) is 0 Å². The molecule has 1 heterocycles. The summed E-state index contributed by atoms with van der Waals surface area (Å²) in [6.07, 6.45) is 3.26. The Kier molecular flexibility index (Phi) is 2.22. The lowest BCUT2D eigenvalue weighted by Crippen LogP contribution is -1.91. The minimum atomic E-state index is -0.417. The number of aryl methyl sites for hydroxylation is 1. The fraction of sp³-hybridized carbons (Fsp3) is 0.250. The van der Waals surface area contributed by atoms with E-state index in [2.05, 4.69) is 4.98 Å². The summed E-state index contributed by atoms with van der Waals surface area (Å²) in [5.41, 5.74) is 2.10. The predicted molar refractivity (Wildman–Crippen MR) is 57.1 cm³/mol. The first kappa shape index (κ1) is 9.16. The molecule has 1 aromatic heterocycles. The molecule has 0 fully saturated rings.